The van der Waals surface area contributed by atoms with Crippen LogP contribution < -0.4 is 0 Å². The van der Waals surface area contributed by atoms with Gasteiger partial charge in [-0.05, 0) is 57.8 Å². The fraction of sp³-hybridized carbons (Fsp3) is 0.833. The van der Waals surface area contributed by atoms with Gasteiger partial charge in [-0.2, -0.15) is 0 Å². The Morgan fingerprint density at radius 3 is 2.70 bits per heavy atom. The van der Waals surface area contributed by atoms with Crippen LogP contribution in [0.1, 0.15) is 66.7 Å². The number of hydrogen-bond acceptors (Lipinski definition) is 2. The van der Waals surface area contributed by atoms with Crippen molar-refractivity contribution in [3.63, 3.8) is 0 Å². The maximum atomic E-state index is 12.4. The lowest BCUT2D eigenvalue weighted by atomic mass is 9.69. The van der Waals surface area contributed by atoms with Crippen molar-refractivity contribution in [3.05, 3.63) is 11.6 Å². The Labute approximate surface area is 124 Å². The summed E-state index contributed by atoms with van der Waals surface area (Å²) in [4.78, 5) is 12.4. The van der Waals surface area contributed by atoms with Crippen molar-refractivity contribution < 1.29 is 9.53 Å². The number of rotatable bonds is 3. The van der Waals surface area contributed by atoms with E-state index in [1.54, 1.807) is 5.57 Å². The van der Waals surface area contributed by atoms with Crippen molar-refractivity contribution in [3.8, 4) is 0 Å². The van der Waals surface area contributed by atoms with Crippen molar-refractivity contribution in [2.75, 3.05) is 0 Å². The van der Waals surface area contributed by atoms with Gasteiger partial charge in [0.1, 0.15) is 6.10 Å². The number of ether oxygens (including phenoxy) is 1. The summed E-state index contributed by atoms with van der Waals surface area (Å²) in [6, 6.07) is 0. The van der Waals surface area contributed by atoms with Crippen LogP contribution in [0.2, 0.25) is 0 Å². The number of fused-ring (bicyclic) bond motifs is 1. The highest BCUT2D eigenvalue weighted by Crippen LogP contribution is 2.43. The van der Waals surface area contributed by atoms with E-state index in [-0.39, 0.29) is 17.5 Å². The number of hydrogen-bond donors (Lipinski definition) is 0. The van der Waals surface area contributed by atoms with Gasteiger partial charge in [-0.25, -0.2) is 0 Å². The average Bonchev–Trinajstić information content (AvgIpc) is 2.41. The monoisotopic (exact) mass is 278 g/mol. The van der Waals surface area contributed by atoms with E-state index in [2.05, 4.69) is 26.8 Å². The normalized spacial score (nSPS) is 34.1. The Morgan fingerprint density at radius 2 is 2.05 bits per heavy atom. The van der Waals surface area contributed by atoms with Crippen LogP contribution in [0.15, 0.2) is 11.6 Å². The number of carbonyl (C=O) groups excluding carboxylic acids is 1. The van der Waals surface area contributed by atoms with Crippen LogP contribution in [0, 0.1) is 23.2 Å². The largest absolute Gasteiger partial charge is 0.461 e. The van der Waals surface area contributed by atoms with Crippen LogP contribution in [-0.4, -0.2) is 12.1 Å². The molecule has 1 saturated carbocycles. The second-order valence-electron chi connectivity index (χ2n) is 7.59. The Morgan fingerprint density at radius 1 is 1.35 bits per heavy atom. The van der Waals surface area contributed by atoms with Crippen molar-refractivity contribution in [1.82, 2.24) is 0 Å². The molecule has 0 bridgehead atoms. The van der Waals surface area contributed by atoms with E-state index in [9.17, 15) is 4.79 Å². The molecule has 2 unspecified atom stereocenters. The summed E-state index contributed by atoms with van der Waals surface area (Å²) in [5, 5.41) is 0. The summed E-state index contributed by atoms with van der Waals surface area (Å²) in [6.07, 6.45) is 8.05. The highest BCUT2D eigenvalue weighted by Gasteiger charge is 2.40. The molecular weight excluding hydrogens is 248 g/mol. The van der Waals surface area contributed by atoms with E-state index >= 15 is 0 Å². The van der Waals surface area contributed by atoms with Gasteiger partial charge in [0.15, 0.2) is 0 Å². The molecule has 0 aliphatic heterocycles. The zero-order valence-corrected chi connectivity index (χ0v) is 13.7. The maximum absolute atomic E-state index is 12.4. The summed E-state index contributed by atoms with van der Waals surface area (Å²) >= 11 is 0. The molecular formula is C18H30O2. The van der Waals surface area contributed by atoms with Gasteiger partial charge in [-0.1, -0.05) is 32.4 Å². The standard InChI is InChI=1S/C18H30O2/c1-6-18(4,5)17(19)20-16-13(3)8-9-14-11-12(2)7-10-15(14)16/h9,12-13,15-16H,6-8,10-11H2,1-5H3/t12-,13+,15?,16?/m1/s1. The molecule has 114 valence electrons. The molecule has 0 heterocycles. The first kappa shape index (κ1) is 15.6. The van der Waals surface area contributed by atoms with Gasteiger partial charge in [-0.3, -0.25) is 4.79 Å². The molecule has 0 amide bonds. The second kappa shape index (κ2) is 5.91. The molecule has 0 spiro atoms. The quantitative estimate of drug-likeness (QED) is 0.550. The van der Waals surface area contributed by atoms with Gasteiger partial charge in [0.05, 0.1) is 5.41 Å². The first-order chi connectivity index (χ1) is 9.35. The predicted octanol–water partition coefficient (Wildman–Crippen LogP) is 4.74. The minimum Gasteiger partial charge on any atom is -0.461 e. The molecule has 1 fully saturated rings. The van der Waals surface area contributed by atoms with Gasteiger partial charge in [0.25, 0.3) is 0 Å². The van der Waals surface area contributed by atoms with Crippen molar-refractivity contribution in [1.29, 1.82) is 0 Å². The molecule has 20 heavy (non-hydrogen) atoms. The summed E-state index contributed by atoms with van der Waals surface area (Å²) < 4.78 is 5.98. The molecule has 0 saturated heterocycles. The fourth-order valence-electron chi connectivity index (χ4n) is 3.41. The summed E-state index contributed by atoms with van der Waals surface area (Å²) in [5.41, 5.74) is 1.19. The molecule has 2 heteroatoms. The van der Waals surface area contributed by atoms with Crippen LogP contribution in [0.4, 0.5) is 0 Å². The highest BCUT2D eigenvalue weighted by molar-refractivity contribution is 5.76. The van der Waals surface area contributed by atoms with Crippen LogP contribution >= 0.6 is 0 Å². The molecule has 2 rings (SSSR count). The smallest absolute Gasteiger partial charge is 0.311 e. The summed E-state index contributed by atoms with van der Waals surface area (Å²) in [7, 11) is 0. The molecule has 0 radical (unpaired) electrons. The van der Waals surface area contributed by atoms with Gasteiger partial charge in [0, 0.05) is 5.92 Å². The number of allylic oxidation sites excluding steroid dienone is 1. The van der Waals surface area contributed by atoms with Crippen LogP contribution in [0.3, 0.4) is 0 Å². The molecule has 0 aromatic heterocycles. The molecule has 4 atom stereocenters. The van der Waals surface area contributed by atoms with E-state index in [1.165, 1.54) is 19.3 Å². The molecule has 0 N–H and O–H groups in total. The van der Waals surface area contributed by atoms with Crippen molar-refractivity contribution >= 4 is 5.97 Å². The highest BCUT2D eigenvalue weighted by atomic mass is 16.5. The van der Waals surface area contributed by atoms with E-state index < -0.39 is 0 Å². The zero-order valence-electron chi connectivity index (χ0n) is 13.7. The minimum absolute atomic E-state index is 0.0169. The fourth-order valence-corrected chi connectivity index (χ4v) is 3.41. The molecule has 2 nitrogen and oxygen atoms in total. The van der Waals surface area contributed by atoms with Crippen LogP contribution in [0.5, 0.6) is 0 Å². The number of esters is 1. The number of carbonyl (C=O) groups is 1. The topological polar surface area (TPSA) is 26.3 Å². The summed E-state index contributed by atoms with van der Waals surface area (Å²) in [5.74, 6) is 1.70. The van der Waals surface area contributed by atoms with Crippen LogP contribution in [0.25, 0.3) is 0 Å². The van der Waals surface area contributed by atoms with Crippen LogP contribution in [-0.2, 0) is 9.53 Å². The third-order valence-corrected chi connectivity index (χ3v) is 5.42. The molecule has 0 aromatic carbocycles. The van der Waals surface area contributed by atoms with E-state index in [4.69, 9.17) is 4.74 Å². The van der Waals surface area contributed by atoms with Gasteiger partial charge < -0.3 is 4.74 Å². The van der Waals surface area contributed by atoms with Crippen molar-refractivity contribution in [2.45, 2.75) is 72.8 Å². The first-order valence-corrected chi connectivity index (χ1v) is 8.25. The third kappa shape index (κ3) is 3.10. The summed E-state index contributed by atoms with van der Waals surface area (Å²) in [6.45, 7) is 10.6. The van der Waals surface area contributed by atoms with Gasteiger partial charge in [-0.15, -0.1) is 0 Å². The maximum Gasteiger partial charge on any atom is 0.311 e. The Bertz CT molecular complexity index is 394. The van der Waals surface area contributed by atoms with Crippen molar-refractivity contribution in [2.24, 2.45) is 23.2 Å². The lowest BCUT2D eigenvalue weighted by Crippen LogP contribution is -2.41. The Kier molecular flexibility index (Phi) is 4.61. The van der Waals surface area contributed by atoms with E-state index in [1.807, 2.05) is 13.8 Å². The van der Waals surface area contributed by atoms with Gasteiger partial charge >= 0.3 is 5.97 Å². The predicted molar refractivity (Wildman–Crippen MR) is 82.3 cm³/mol. The average molecular weight is 278 g/mol. The minimum atomic E-state index is -0.358. The van der Waals surface area contributed by atoms with Gasteiger partial charge in [0.2, 0.25) is 0 Å². The molecule has 2 aliphatic rings. The Hall–Kier alpha value is -0.790. The molecule has 2 aliphatic carbocycles. The first-order valence-electron chi connectivity index (χ1n) is 8.25. The molecule has 0 aromatic rings. The lowest BCUT2D eigenvalue weighted by Gasteiger charge is -2.41. The third-order valence-electron chi connectivity index (χ3n) is 5.42. The van der Waals surface area contributed by atoms with E-state index in [0.29, 0.717) is 11.8 Å². The lowest BCUT2D eigenvalue weighted by molar-refractivity contribution is -0.166. The SMILES string of the molecule is CCC(C)(C)C(=O)OC1C2CC[C@@H](C)CC2=CC[C@@H]1C. The Balaban J connectivity index is 2.11. The zero-order chi connectivity index (χ0) is 14.9. The second-order valence-corrected chi connectivity index (χ2v) is 7.59. The van der Waals surface area contributed by atoms with E-state index in [0.717, 1.165) is 18.8 Å².